The number of nitrogens with one attached hydrogen (secondary N) is 1. The number of piperidine rings is 1. The van der Waals surface area contributed by atoms with E-state index >= 15 is 0 Å². The summed E-state index contributed by atoms with van der Waals surface area (Å²) in [5.41, 5.74) is 0.351. The smallest absolute Gasteiger partial charge is 0.0658 e. The van der Waals surface area contributed by atoms with Gasteiger partial charge in [0.05, 0.1) is 6.10 Å². The van der Waals surface area contributed by atoms with Crippen LogP contribution < -0.4 is 5.32 Å². The van der Waals surface area contributed by atoms with Gasteiger partial charge in [0.25, 0.3) is 0 Å². The second kappa shape index (κ2) is 5.94. The van der Waals surface area contributed by atoms with E-state index in [9.17, 15) is 0 Å². The van der Waals surface area contributed by atoms with Crippen molar-refractivity contribution in [3.8, 4) is 0 Å². The van der Waals surface area contributed by atoms with Gasteiger partial charge in [-0.1, -0.05) is 13.8 Å². The molecule has 0 aromatic carbocycles. The van der Waals surface area contributed by atoms with Gasteiger partial charge in [0.2, 0.25) is 0 Å². The van der Waals surface area contributed by atoms with E-state index in [-0.39, 0.29) is 0 Å². The highest BCUT2D eigenvalue weighted by Crippen LogP contribution is 2.46. The zero-order valence-corrected chi connectivity index (χ0v) is 13.5. The fourth-order valence-electron chi connectivity index (χ4n) is 4.16. The number of hydrogen-bond acceptors (Lipinski definition) is 3. The molecule has 1 N–H and O–H groups in total. The van der Waals surface area contributed by atoms with E-state index in [1.165, 1.54) is 51.6 Å². The summed E-state index contributed by atoms with van der Waals surface area (Å²) < 4.78 is 5.91. The minimum Gasteiger partial charge on any atom is -0.378 e. The molecule has 0 aromatic heterocycles. The highest BCUT2D eigenvalue weighted by Gasteiger charge is 2.51. The van der Waals surface area contributed by atoms with Gasteiger partial charge >= 0.3 is 0 Å². The van der Waals surface area contributed by atoms with Crippen molar-refractivity contribution in [3.05, 3.63) is 0 Å². The first-order valence-electron chi connectivity index (χ1n) is 8.79. The summed E-state index contributed by atoms with van der Waals surface area (Å²) in [6.07, 6.45) is 8.48. The Labute approximate surface area is 124 Å². The zero-order chi connectivity index (χ0) is 14.2. The Hall–Kier alpha value is -0.120. The van der Waals surface area contributed by atoms with E-state index < -0.39 is 0 Å². The number of nitrogens with zero attached hydrogens (tertiary/aromatic N) is 1. The van der Waals surface area contributed by atoms with Gasteiger partial charge in [0.1, 0.15) is 0 Å². The third-order valence-corrected chi connectivity index (χ3v) is 6.14. The van der Waals surface area contributed by atoms with Crippen LogP contribution in [0.2, 0.25) is 0 Å². The Bertz CT molecular complexity index is 323. The van der Waals surface area contributed by atoms with Crippen LogP contribution in [0.15, 0.2) is 0 Å². The second-order valence-corrected chi connectivity index (χ2v) is 7.30. The van der Waals surface area contributed by atoms with Gasteiger partial charge < -0.3 is 15.0 Å². The van der Waals surface area contributed by atoms with Crippen molar-refractivity contribution in [2.24, 2.45) is 5.41 Å². The van der Waals surface area contributed by atoms with Gasteiger partial charge in [-0.15, -0.1) is 0 Å². The lowest BCUT2D eigenvalue weighted by atomic mass is 9.61. The van der Waals surface area contributed by atoms with Gasteiger partial charge in [-0.05, 0) is 58.5 Å². The normalized spacial score (nSPS) is 39.8. The molecule has 0 bridgehead atoms. The monoisotopic (exact) mass is 280 g/mol. The maximum absolute atomic E-state index is 5.91. The van der Waals surface area contributed by atoms with Gasteiger partial charge in [-0.25, -0.2) is 0 Å². The van der Waals surface area contributed by atoms with Crippen LogP contribution in [-0.2, 0) is 4.74 Å². The molecular formula is C17H32N2O. The van der Waals surface area contributed by atoms with Crippen molar-refractivity contribution in [3.63, 3.8) is 0 Å². The van der Waals surface area contributed by atoms with Crippen LogP contribution in [0.25, 0.3) is 0 Å². The van der Waals surface area contributed by atoms with Gasteiger partial charge in [0.15, 0.2) is 0 Å². The molecule has 0 aromatic rings. The van der Waals surface area contributed by atoms with Crippen molar-refractivity contribution >= 4 is 0 Å². The topological polar surface area (TPSA) is 24.5 Å². The quantitative estimate of drug-likeness (QED) is 0.810. The fourth-order valence-corrected chi connectivity index (χ4v) is 4.16. The number of rotatable bonds is 6. The van der Waals surface area contributed by atoms with Crippen molar-refractivity contribution in [1.29, 1.82) is 0 Å². The van der Waals surface area contributed by atoms with Gasteiger partial charge in [-0.2, -0.15) is 0 Å². The molecule has 1 aliphatic heterocycles. The lowest BCUT2D eigenvalue weighted by molar-refractivity contribution is -0.129. The second-order valence-electron chi connectivity index (χ2n) is 7.30. The zero-order valence-electron chi connectivity index (χ0n) is 13.5. The summed E-state index contributed by atoms with van der Waals surface area (Å²) in [5.74, 6) is 0. The summed E-state index contributed by atoms with van der Waals surface area (Å²) in [5, 5.41) is 3.96. The molecule has 1 saturated heterocycles. The molecular weight excluding hydrogens is 248 g/mol. The Morgan fingerprint density at radius 3 is 2.40 bits per heavy atom. The molecule has 3 nitrogen and oxygen atoms in total. The molecule has 0 amide bonds. The van der Waals surface area contributed by atoms with Crippen LogP contribution in [0.3, 0.4) is 0 Å². The Kier molecular flexibility index (Phi) is 4.40. The van der Waals surface area contributed by atoms with E-state index in [2.05, 4.69) is 31.0 Å². The van der Waals surface area contributed by atoms with Crippen molar-refractivity contribution < 1.29 is 4.74 Å². The fraction of sp³-hybridized carbons (Fsp3) is 1.00. The Morgan fingerprint density at radius 1 is 1.15 bits per heavy atom. The predicted octanol–water partition coefficient (Wildman–Crippen LogP) is 2.80. The molecule has 3 atom stereocenters. The van der Waals surface area contributed by atoms with Crippen LogP contribution in [-0.4, -0.2) is 48.8 Å². The van der Waals surface area contributed by atoms with E-state index in [4.69, 9.17) is 4.74 Å². The number of likely N-dealkylation sites (tertiary alicyclic amines) is 1. The maximum atomic E-state index is 5.91. The molecule has 2 saturated carbocycles. The summed E-state index contributed by atoms with van der Waals surface area (Å²) >= 11 is 0. The molecule has 3 fully saturated rings. The number of hydrogen-bond donors (Lipinski definition) is 1. The SMILES string of the molecule is CCOC1CC(NC2CCN(C3CC3)CC2)C1(C)CC. The van der Waals surface area contributed by atoms with Crippen LogP contribution in [0, 0.1) is 5.41 Å². The lowest BCUT2D eigenvalue weighted by Crippen LogP contribution is -2.64. The van der Waals surface area contributed by atoms with E-state index in [0.29, 0.717) is 17.6 Å². The van der Waals surface area contributed by atoms with Crippen LogP contribution in [0.4, 0.5) is 0 Å². The van der Waals surface area contributed by atoms with Gasteiger partial charge in [-0.3, -0.25) is 0 Å². The number of ether oxygens (including phenoxy) is 1. The molecule has 1 heterocycles. The van der Waals surface area contributed by atoms with Gasteiger partial charge in [0, 0.05) is 30.1 Å². The van der Waals surface area contributed by atoms with Crippen LogP contribution in [0.5, 0.6) is 0 Å². The minimum absolute atomic E-state index is 0.351. The molecule has 0 spiro atoms. The van der Waals surface area contributed by atoms with E-state index in [1.54, 1.807) is 0 Å². The molecule has 116 valence electrons. The lowest BCUT2D eigenvalue weighted by Gasteiger charge is -2.55. The molecule has 0 radical (unpaired) electrons. The van der Waals surface area contributed by atoms with Crippen molar-refractivity contribution in [1.82, 2.24) is 10.2 Å². The maximum Gasteiger partial charge on any atom is 0.0658 e. The van der Waals surface area contributed by atoms with Crippen molar-refractivity contribution in [2.75, 3.05) is 19.7 Å². The average Bonchev–Trinajstić information content (AvgIpc) is 3.30. The molecule has 20 heavy (non-hydrogen) atoms. The molecule has 3 heteroatoms. The third-order valence-electron chi connectivity index (χ3n) is 6.14. The molecule has 3 aliphatic rings. The molecule has 2 aliphatic carbocycles. The Balaban J connectivity index is 1.46. The largest absolute Gasteiger partial charge is 0.378 e. The minimum atomic E-state index is 0.351. The first-order chi connectivity index (χ1) is 9.67. The summed E-state index contributed by atoms with van der Waals surface area (Å²) in [6, 6.07) is 2.35. The molecule has 3 unspecified atom stereocenters. The standard InChI is InChI=1S/C17H32N2O/c1-4-17(3)15(12-16(17)20-5-2)18-13-8-10-19(11-9-13)14-6-7-14/h13-16,18H,4-12H2,1-3H3. The van der Waals surface area contributed by atoms with E-state index in [0.717, 1.165) is 18.7 Å². The molecule has 3 rings (SSSR count). The third kappa shape index (κ3) is 2.77. The highest BCUT2D eigenvalue weighted by atomic mass is 16.5. The first kappa shape index (κ1) is 14.8. The summed E-state index contributed by atoms with van der Waals surface area (Å²) in [7, 11) is 0. The summed E-state index contributed by atoms with van der Waals surface area (Å²) in [6.45, 7) is 10.3. The highest BCUT2D eigenvalue weighted by molar-refractivity contribution is 5.06. The van der Waals surface area contributed by atoms with Crippen LogP contribution in [0.1, 0.15) is 59.3 Å². The van der Waals surface area contributed by atoms with Crippen molar-refractivity contribution in [2.45, 2.75) is 83.5 Å². The van der Waals surface area contributed by atoms with E-state index in [1.807, 2.05) is 0 Å². The van der Waals surface area contributed by atoms with Crippen LogP contribution >= 0.6 is 0 Å². The summed E-state index contributed by atoms with van der Waals surface area (Å²) in [4.78, 5) is 2.71. The predicted molar refractivity (Wildman–Crippen MR) is 83.0 cm³/mol. The first-order valence-corrected chi connectivity index (χ1v) is 8.79. The average molecular weight is 280 g/mol. The Morgan fingerprint density at radius 2 is 1.85 bits per heavy atom.